The molecule has 100 valence electrons. The number of ether oxygens (including phenoxy) is 1. The third-order valence-electron chi connectivity index (χ3n) is 2.81. The Balaban J connectivity index is 2.29. The lowest BCUT2D eigenvalue weighted by molar-refractivity contribution is 0.461. The molecule has 0 saturated carbocycles. The molecule has 0 radical (unpaired) electrons. The minimum atomic E-state index is 0.241. The monoisotopic (exact) mass is 320 g/mol. The highest BCUT2D eigenvalue weighted by Crippen LogP contribution is 2.32. The minimum absolute atomic E-state index is 0.241. The third kappa shape index (κ3) is 3.78. The first-order chi connectivity index (χ1) is 9.20. The summed E-state index contributed by atoms with van der Waals surface area (Å²) < 4.78 is 6.92. The molecule has 0 aliphatic carbocycles. The highest BCUT2D eigenvalue weighted by Gasteiger charge is 2.12. The maximum atomic E-state index is 5.93. The fraction of sp³-hybridized carbons (Fsp3) is 0.267. The molecule has 19 heavy (non-hydrogen) atoms. The van der Waals surface area contributed by atoms with Crippen LogP contribution in [0.4, 0.5) is 0 Å². The third-order valence-corrected chi connectivity index (χ3v) is 3.31. The van der Waals surface area contributed by atoms with E-state index in [1.165, 1.54) is 0 Å². The molecular weight excluding hydrogens is 304 g/mol. The van der Waals surface area contributed by atoms with Gasteiger partial charge in [0.15, 0.2) is 0 Å². The number of nitrogens with zero attached hydrogens (tertiary/aromatic N) is 1. The fourth-order valence-electron chi connectivity index (χ4n) is 1.90. The van der Waals surface area contributed by atoms with Crippen LogP contribution in [0.3, 0.4) is 0 Å². The van der Waals surface area contributed by atoms with Gasteiger partial charge in [-0.1, -0.05) is 28.9 Å². The van der Waals surface area contributed by atoms with Crippen molar-refractivity contribution in [2.24, 2.45) is 0 Å². The van der Waals surface area contributed by atoms with Crippen molar-refractivity contribution in [3.8, 4) is 11.5 Å². The van der Waals surface area contributed by atoms with E-state index in [4.69, 9.17) is 4.74 Å². The lowest BCUT2D eigenvalue weighted by Crippen LogP contribution is -2.18. The Morgan fingerprint density at radius 1 is 1.37 bits per heavy atom. The maximum absolute atomic E-state index is 5.93. The van der Waals surface area contributed by atoms with Crippen molar-refractivity contribution in [2.75, 3.05) is 6.54 Å². The quantitative estimate of drug-likeness (QED) is 0.891. The van der Waals surface area contributed by atoms with Crippen LogP contribution < -0.4 is 10.1 Å². The Morgan fingerprint density at radius 3 is 2.89 bits per heavy atom. The number of benzene rings is 1. The average molecular weight is 321 g/mol. The van der Waals surface area contributed by atoms with Crippen molar-refractivity contribution in [1.82, 2.24) is 10.3 Å². The summed E-state index contributed by atoms with van der Waals surface area (Å²) in [4.78, 5) is 4.06. The van der Waals surface area contributed by atoms with Crippen molar-refractivity contribution in [1.29, 1.82) is 0 Å². The van der Waals surface area contributed by atoms with E-state index in [2.05, 4.69) is 46.1 Å². The number of hydrogen-bond donors (Lipinski definition) is 1. The van der Waals surface area contributed by atoms with Gasteiger partial charge in [-0.05, 0) is 37.7 Å². The number of pyridine rings is 1. The van der Waals surface area contributed by atoms with E-state index < -0.39 is 0 Å². The van der Waals surface area contributed by atoms with E-state index >= 15 is 0 Å². The normalized spacial score (nSPS) is 12.2. The molecule has 0 amide bonds. The Bertz CT molecular complexity index is 531. The number of nitrogens with one attached hydrogen (secondary N) is 1. The van der Waals surface area contributed by atoms with Gasteiger partial charge in [-0.25, -0.2) is 0 Å². The van der Waals surface area contributed by atoms with E-state index in [0.29, 0.717) is 0 Å². The van der Waals surface area contributed by atoms with Crippen LogP contribution in [0.25, 0.3) is 0 Å². The second kappa shape index (κ2) is 6.68. The van der Waals surface area contributed by atoms with Crippen molar-refractivity contribution in [3.05, 3.63) is 52.8 Å². The van der Waals surface area contributed by atoms with Crippen molar-refractivity contribution in [2.45, 2.75) is 19.9 Å². The zero-order valence-electron chi connectivity index (χ0n) is 11.1. The molecule has 0 spiro atoms. The molecule has 1 unspecified atom stereocenters. The summed E-state index contributed by atoms with van der Waals surface area (Å²) >= 11 is 3.48. The van der Waals surface area contributed by atoms with Crippen LogP contribution in [0.1, 0.15) is 25.5 Å². The summed E-state index contributed by atoms with van der Waals surface area (Å²) in [5, 5.41) is 3.40. The first-order valence-electron chi connectivity index (χ1n) is 6.31. The zero-order chi connectivity index (χ0) is 13.7. The largest absolute Gasteiger partial charge is 0.455 e. The summed E-state index contributed by atoms with van der Waals surface area (Å²) in [6, 6.07) is 10.1. The maximum Gasteiger partial charge on any atom is 0.145 e. The molecule has 0 aliphatic rings. The molecule has 2 rings (SSSR count). The SMILES string of the molecule is CCNC(C)c1ccc(Br)cc1Oc1cccnc1. The predicted molar refractivity (Wildman–Crippen MR) is 80.5 cm³/mol. The van der Waals surface area contributed by atoms with Crippen LogP contribution in [0, 0.1) is 0 Å². The molecule has 0 bridgehead atoms. The Labute approximate surface area is 122 Å². The second-order valence-corrected chi connectivity index (χ2v) is 5.17. The molecule has 3 nitrogen and oxygen atoms in total. The number of rotatable bonds is 5. The fourth-order valence-corrected chi connectivity index (χ4v) is 2.24. The molecular formula is C15H17BrN2O. The Morgan fingerprint density at radius 2 is 2.21 bits per heavy atom. The van der Waals surface area contributed by atoms with Gasteiger partial charge in [0.2, 0.25) is 0 Å². The number of aromatic nitrogens is 1. The van der Waals surface area contributed by atoms with Crippen LogP contribution in [0.15, 0.2) is 47.2 Å². The molecule has 0 aliphatic heterocycles. The van der Waals surface area contributed by atoms with Crippen molar-refractivity contribution >= 4 is 15.9 Å². The van der Waals surface area contributed by atoms with Gasteiger partial charge < -0.3 is 10.1 Å². The second-order valence-electron chi connectivity index (χ2n) is 4.25. The highest BCUT2D eigenvalue weighted by atomic mass is 79.9. The Hall–Kier alpha value is -1.39. The van der Waals surface area contributed by atoms with Crippen LogP contribution in [0.2, 0.25) is 0 Å². The van der Waals surface area contributed by atoms with Crippen LogP contribution >= 0.6 is 15.9 Å². The van der Waals surface area contributed by atoms with Crippen molar-refractivity contribution in [3.63, 3.8) is 0 Å². The van der Waals surface area contributed by atoms with Gasteiger partial charge in [-0.15, -0.1) is 0 Å². The molecule has 1 atom stereocenters. The van der Waals surface area contributed by atoms with E-state index in [0.717, 1.165) is 28.1 Å². The Kier molecular flexibility index (Phi) is 4.93. The van der Waals surface area contributed by atoms with Gasteiger partial charge in [0.25, 0.3) is 0 Å². The van der Waals surface area contributed by atoms with E-state index in [9.17, 15) is 0 Å². The molecule has 0 saturated heterocycles. The van der Waals surface area contributed by atoms with Crippen LogP contribution in [-0.4, -0.2) is 11.5 Å². The first-order valence-corrected chi connectivity index (χ1v) is 7.10. The molecule has 1 N–H and O–H groups in total. The smallest absolute Gasteiger partial charge is 0.145 e. The molecule has 0 fully saturated rings. The standard InChI is InChI=1S/C15H17BrN2O/c1-3-18-11(2)14-7-6-12(16)9-15(14)19-13-5-4-8-17-10-13/h4-11,18H,3H2,1-2H3. The molecule has 4 heteroatoms. The summed E-state index contributed by atoms with van der Waals surface area (Å²) in [5.41, 5.74) is 1.13. The summed E-state index contributed by atoms with van der Waals surface area (Å²) in [6.07, 6.45) is 3.44. The van der Waals surface area contributed by atoms with Gasteiger partial charge in [0.1, 0.15) is 11.5 Å². The lowest BCUT2D eigenvalue weighted by atomic mass is 10.1. The van der Waals surface area contributed by atoms with Gasteiger partial charge >= 0.3 is 0 Å². The van der Waals surface area contributed by atoms with Crippen LogP contribution in [0.5, 0.6) is 11.5 Å². The first kappa shape index (κ1) is 14.0. The van der Waals surface area contributed by atoms with Gasteiger partial charge in [-0.3, -0.25) is 4.98 Å². The summed E-state index contributed by atoms with van der Waals surface area (Å²) in [6.45, 7) is 5.14. The highest BCUT2D eigenvalue weighted by molar-refractivity contribution is 9.10. The predicted octanol–water partition coefficient (Wildman–Crippen LogP) is 4.31. The van der Waals surface area contributed by atoms with E-state index in [-0.39, 0.29) is 6.04 Å². The number of halogens is 1. The summed E-state index contributed by atoms with van der Waals surface area (Å²) in [7, 11) is 0. The number of hydrogen-bond acceptors (Lipinski definition) is 3. The minimum Gasteiger partial charge on any atom is -0.455 e. The summed E-state index contributed by atoms with van der Waals surface area (Å²) in [5.74, 6) is 1.58. The zero-order valence-corrected chi connectivity index (χ0v) is 12.6. The van der Waals surface area contributed by atoms with Crippen molar-refractivity contribution < 1.29 is 4.74 Å². The van der Waals surface area contributed by atoms with Crippen LogP contribution in [-0.2, 0) is 0 Å². The average Bonchev–Trinajstić information content (AvgIpc) is 2.40. The topological polar surface area (TPSA) is 34.1 Å². The molecule has 2 aromatic rings. The van der Waals surface area contributed by atoms with E-state index in [1.807, 2.05) is 24.3 Å². The molecule has 1 heterocycles. The van der Waals surface area contributed by atoms with Gasteiger partial charge in [0.05, 0.1) is 6.20 Å². The molecule has 1 aromatic heterocycles. The van der Waals surface area contributed by atoms with E-state index in [1.54, 1.807) is 12.4 Å². The van der Waals surface area contributed by atoms with Gasteiger partial charge in [0, 0.05) is 22.3 Å². The molecule has 1 aromatic carbocycles. The lowest BCUT2D eigenvalue weighted by Gasteiger charge is -2.17. The van der Waals surface area contributed by atoms with Gasteiger partial charge in [-0.2, -0.15) is 0 Å².